The van der Waals surface area contributed by atoms with E-state index in [1.807, 2.05) is 13.8 Å². The minimum absolute atomic E-state index is 0.0764. The lowest BCUT2D eigenvalue weighted by Crippen LogP contribution is -2.35. The predicted molar refractivity (Wildman–Crippen MR) is 88.7 cm³/mol. The summed E-state index contributed by atoms with van der Waals surface area (Å²) in [5, 5.41) is 10.2. The van der Waals surface area contributed by atoms with Gasteiger partial charge in [-0.1, -0.05) is 19.0 Å². The summed E-state index contributed by atoms with van der Waals surface area (Å²) in [7, 11) is 0. The molecule has 1 fully saturated rings. The fraction of sp³-hybridized carbons (Fsp3) is 0.529. The highest BCUT2D eigenvalue weighted by atomic mass is 16.5. The number of carbonyl (C=O) groups excluding carboxylic acids is 2. The lowest BCUT2D eigenvalue weighted by molar-refractivity contribution is -0.122. The highest BCUT2D eigenvalue weighted by Crippen LogP contribution is 2.28. The van der Waals surface area contributed by atoms with Gasteiger partial charge in [-0.25, -0.2) is 4.98 Å². The fourth-order valence-electron chi connectivity index (χ4n) is 2.54. The van der Waals surface area contributed by atoms with E-state index in [2.05, 4.69) is 20.8 Å². The van der Waals surface area contributed by atoms with Crippen molar-refractivity contribution in [1.29, 1.82) is 0 Å². The first kappa shape index (κ1) is 16.4. The molecule has 7 nitrogen and oxygen atoms in total. The molecule has 0 unspecified atom stereocenters. The van der Waals surface area contributed by atoms with Gasteiger partial charge in [-0.2, -0.15) is 0 Å². The van der Waals surface area contributed by atoms with E-state index in [1.54, 1.807) is 13.0 Å². The van der Waals surface area contributed by atoms with E-state index >= 15 is 0 Å². The molecule has 0 bridgehead atoms. The molecule has 3 rings (SSSR count). The second kappa shape index (κ2) is 6.59. The van der Waals surface area contributed by atoms with Gasteiger partial charge < -0.3 is 15.2 Å². The third kappa shape index (κ3) is 3.39. The molecule has 1 aliphatic carbocycles. The Kier molecular flexibility index (Phi) is 4.51. The number of aromatic nitrogens is 2. The zero-order valence-electron chi connectivity index (χ0n) is 14.2. The molecule has 2 aromatic heterocycles. The number of nitrogens with one attached hydrogen (secondary N) is 2. The van der Waals surface area contributed by atoms with E-state index in [-0.39, 0.29) is 23.7 Å². The van der Waals surface area contributed by atoms with Gasteiger partial charge in [-0.15, -0.1) is 0 Å². The Labute approximate surface area is 140 Å². The number of pyridine rings is 1. The van der Waals surface area contributed by atoms with Crippen LogP contribution in [0.15, 0.2) is 10.6 Å². The van der Waals surface area contributed by atoms with Gasteiger partial charge in [0.1, 0.15) is 0 Å². The van der Waals surface area contributed by atoms with Gasteiger partial charge >= 0.3 is 0 Å². The lowest BCUT2D eigenvalue weighted by Gasteiger charge is -2.10. The summed E-state index contributed by atoms with van der Waals surface area (Å²) < 4.78 is 5.22. The first-order chi connectivity index (χ1) is 11.5. The maximum atomic E-state index is 12.6. The van der Waals surface area contributed by atoms with E-state index in [0.29, 0.717) is 35.4 Å². The van der Waals surface area contributed by atoms with Crippen LogP contribution in [0.4, 0.5) is 0 Å². The third-order valence-corrected chi connectivity index (χ3v) is 4.13. The van der Waals surface area contributed by atoms with E-state index in [0.717, 1.165) is 18.5 Å². The standard InChI is InChI=1S/C17H22N4O3/c1-9(2)13-8-12(14-10(3)21-24-17(14)20-13)16(23)19-7-6-18-15(22)11-4-5-11/h8-9,11H,4-7H2,1-3H3,(H,18,22)(H,19,23). The molecule has 0 atom stereocenters. The van der Waals surface area contributed by atoms with E-state index in [4.69, 9.17) is 4.52 Å². The molecule has 7 heteroatoms. The molecule has 24 heavy (non-hydrogen) atoms. The molecule has 128 valence electrons. The van der Waals surface area contributed by atoms with Crippen LogP contribution in [0.1, 0.15) is 54.4 Å². The predicted octanol–water partition coefficient (Wildman–Crippen LogP) is 1.91. The monoisotopic (exact) mass is 330 g/mol. The first-order valence-corrected chi connectivity index (χ1v) is 8.30. The summed E-state index contributed by atoms with van der Waals surface area (Å²) in [5.41, 5.74) is 2.31. The number of hydrogen-bond donors (Lipinski definition) is 2. The van der Waals surface area contributed by atoms with Crippen LogP contribution >= 0.6 is 0 Å². The van der Waals surface area contributed by atoms with Crippen LogP contribution in [0.25, 0.3) is 11.1 Å². The average molecular weight is 330 g/mol. The molecule has 0 spiro atoms. The SMILES string of the molecule is Cc1noc2nc(C(C)C)cc(C(=O)NCCNC(=O)C3CC3)c12. The third-order valence-electron chi connectivity index (χ3n) is 4.13. The molecule has 2 amide bonds. The topological polar surface area (TPSA) is 97.1 Å². The van der Waals surface area contributed by atoms with E-state index in [9.17, 15) is 9.59 Å². The summed E-state index contributed by atoms with van der Waals surface area (Å²) in [4.78, 5) is 28.5. The maximum absolute atomic E-state index is 12.6. The highest BCUT2D eigenvalue weighted by molar-refractivity contribution is 6.06. The van der Waals surface area contributed by atoms with Crippen molar-refractivity contribution in [2.45, 2.75) is 39.5 Å². The van der Waals surface area contributed by atoms with Crippen LogP contribution in [0.2, 0.25) is 0 Å². The molecule has 0 aliphatic heterocycles. The summed E-state index contributed by atoms with van der Waals surface area (Å²) in [6.07, 6.45) is 1.94. The van der Waals surface area contributed by atoms with Crippen LogP contribution in [-0.4, -0.2) is 35.0 Å². The summed E-state index contributed by atoms with van der Waals surface area (Å²) in [6.45, 7) is 6.60. The second-order valence-corrected chi connectivity index (χ2v) is 6.52. The van der Waals surface area contributed by atoms with Crippen molar-refractivity contribution in [3.63, 3.8) is 0 Å². The minimum atomic E-state index is -0.212. The number of fused-ring (bicyclic) bond motifs is 1. The van der Waals surface area contributed by atoms with Gasteiger partial charge in [0.2, 0.25) is 5.91 Å². The lowest BCUT2D eigenvalue weighted by atomic mass is 10.0. The molecular formula is C17H22N4O3. The van der Waals surface area contributed by atoms with Gasteiger partial charge in [-0.3, -0.25) is 9.59 Å². The van der Waals surface area contributed by atoms with Crippen molar-refractivity contribution in [3.8, 4) is 0 Å². The van der Waals surface area contributed by atoms with Crippen molar-refractivity contribution in [2.75, 3.05) is 13.1 Å². The Morgan fingerprint density at radius 2 is 2.00 bits per heavy atom. The van der Waals surface area contributed by atoms with Gasteiger partial charge in [0.15, 0.2) is 0 Å². The van der Waals surface area contributed by atoms with Crippen LogP contribution in [-0.2, 0) is 4.79 Å². The molecule has 2 heterocycles. The first-order valence-electron chi connectivity index (χ1n) is 8.30. The molecule has 0 radical (unpaired) electrons. The van der Waals surface area contributed by atoms with Crippen molar-refractivity contribution in [1.82, 2.24) is 20.8 Å². The molecule has 2 aromatic rings. The van der Waals surface area contributed by atoms with Gasteiger partial charge in [0.25, 0.3) is 11.6 Å². The fourth-order valence-corrected chi connectivity index (χ4v) is 2.54. The van der Waals surface area contributed by atoms with Crippen LogP contribution in [0, 0.1) is 12.8 Å². The van der Waals surface area contributed by atoms with Gasteiger partial charge in [-0.05, 0) is 31.7 Å². The van der Waals surface area contributed by atoms with Crippen LogP contribution < -0.4 is 10.6 Å². The van der Waals surface area contributed by atoms with Gasteiger partial charge in [0.05, 0.1) is 16.6 Å². The smallest absolute Gasteiger partial charge is 0.259 e. The Bertz CT molecular complexity index is 777. The Hall–Kier alpha value is -2.44. The van der Waals surface area contributed by atoms with Crippen molar-refractivity contribution in [3.05, 3.63) is 23.0 Å². The maximum Gasteiger partial charge on any atom is 0.259 e. The number of hydrogen-bond acceptors (Lipinski definition) is 5. The van der Waals surface area contributed by atoms with Crippen LogP contribution in [0.3, 0.4) is 0 Å². The zero-order chi connectivity index (χ0) is 17.3. The molecule has 2 N–H and O–H groups in total. The minimum Gasteiger partial charge on any atom is -0.354 e. The Balaban J connectivity index is 1.70. The van der Waals surface area contributed by atoms with E-state index in [1.165, 1.54) is 0 Å². The number of carbonyl (C=O) groups is 2. The number of amides is 2. The Morgan fingerprint density at radius 3 is 2.67 bits per heavy atom. The Morgan fingerprint density at radius 1 is 1.29 bits per heavy atom. The van der Waals surface area contributed by atoms with E-state index < -0.39 is 0 Å². The van der Waals surface area contributed by atoms with Crippen LogP contribution in [0.5, 0.6) is 0 Å². The number of nitrogens with zero attached hydrogens (tertiary/aromatic N) is 2. The van der Waals surface area contributed by atoms with Gasteiger partial charge in [0, 0.05) is 24.7 Å². The molecule has 1 saturated carbocycles. The van der Waals surface area contributed by atoms with Crippen molar-refractivity contribution in [2.24, 2.45) is 5.92 Å². The highest BCUT2D eigenvalue weighted by Gasteiger charge is 2.29. The molecular weight excluding hydrogens is 308 g/mol. The average Bonchev–Trinajstić information content (AvgIpc) is 3.34. The molecule has 0 aromatic carbocycles. The second-order valence-electron chi connectivity index (χ2n) is 6.52. The summed E-state index contributed by atoms with van der Waals surface area (Å²) in [5.74, 6) is 0.210. The normalized spacial score (nSPS) is 14.2. The number of aryl methyl sites for hydroxylation is 1. The largest absolute Gasteiger partial charge is 0.354 e. The van der Waals surface area contributed by atoms with Crippen molar-refractivity contribution < 1.29 is 14.1 Å². The summed E-state index contributed by atoms with van der Waals surface area (Å²) >= 11 is 0. The molecule has 0 saturated heterocycles. The molecule has 1 aliphatic rings. The zero-order valence-corrected chi connectivity index (χ0v) is 14.2. The number of rotatable bonds is 6. The van der Waals surface area contributed by atoms with Crippen molar-refractivity contribution >= 4 is 22.9 Å². The quantitative estimate of drug-likeness (QED) is 0.789. The summed E-state index contributed by atoms with van der Waals surface area (Å²) in [6, 6.07) is 1.79.